The molecule has 2 aromatic rings. The molecule has 0 aliphatic heterocycles. The lowest BCUT2D eigenvalue weighted by molar-refractivity contribution is -0.120. The maximum absolute atomic E-state index is 12.4. The summed E-state index contributed by atoms with van der Waals surface area (Å²) in [6, 6.07) is 11.1. The highest BCUT2D eigenvalue weighted by molar-refractivity contribution is 5.90. The predicted molar refractivity (Wildman–Crippen MR) is 93.5 cm³/mol. The van der Waals surface area contributed by atoms with Crippen molar-refractivity contribution in [3.63, 3.8) is 0 Å². The van der Waals surface area contributed by atoms with Crippen LogP contribution in [0.15, 0.2) is 42.6 Å². The van der Waals surface area contributed by atoms with Crippen molar-refractivity contribution in [2.24, 2.45) is 0 Å². The van der Waals surface area contributed by atoms with Gasteiger partial charge in [0.2, 0.25) is 11.8 Å². The van der Waals surface area contributed by atoms with Crippen molar-refractivity contribution in [1.29, 1.82) is 0 Å². The standard InChI is InChI=1S/C18H24N4O2/c1-4-13(2)22-17(10-11-19-22)21-18(24)12-16(20-14(3)23)15-8-6-5-7-9-15/h5-11,13,16H,4,12H2,1-3H3,(H,20,23)(H,21,24). The molecule has 0 spiro atoms. The van der Waals surface area contributed by atoms with Gasteiger partial charge in [0, 0.05) is 13.0 Å². The van der Waals surface area contributed by atoms with Gasteiger partial charge in [0.05, 0.1) is 24.7 Å². The van der Waals surface area contributed by atoms with Crippen LogP contribution in [0.3, 0.4) is 0 Å². The van der Waals surface area contributed by atoms with E-state index in [4.69, 9.17) is 0 Å². The molecule has 0 fully saturated rings. The highest BCUT2D eigenvalue weighted by Crippen LogP contribution is 2.20. The third-order valence-electron chi connectivity index (χ3n) is 3.92. The molecule has 6 heteroatoms. The molecule has 0 bridgehead atoms. The van der Waals surface area contributed by atoms with Crippen LogP contribution < -0.4 is 10.6 Å². The van der Waals surface area contributed by atoms with E-state index in [0.29, 0.717) is 5.82 Å². The van der Waals surface area contributed by atoms with Crippen molar-refractivity contribution in [1.82, 2.24) is 15.1 Å². The Hall–Kier alpha value is -2.63. The summed E-state index contributed by atoms with van der Waals surface area (Å²) in [6.45, 7) is 5.57. The van der Waals surface area contributed by atoms with Crippen LogP contribution in [0.4, 0.5) is 5.82 Å². The summed E-state index contributed by atoms with van der Waals surface area (Å²) in [7, 11) is 0. The zero-order chi connectivity index (χ0) is 17.5. The number of hydrogen-bond acceptors (Lipinski definition) is 3. The molecular weight excluding hydrogens is 304 g/mol. The molecule has 2 amide bonds. The second-order valence-electron chi connectivity index (χ2n) is 5.83. The molecule has 0 radical (unpaired) electrons. The number of amides is 2. The van der Waals surface area contributed by atoms with Gasteiger partial charge in [0.1, 0.15) is 5.82 Å². The number of aromatic nitrogens is 2. The summed E-state index contributed by atoms with van der Waals surface area (Å²) in [5, 5.41) is 9.98. The molecule has 1 aromatic heterocycles. The third-order valence-corrected chi connectivity index (χ3v) is 3.92. The zero-order valence-electron chi connectivity index (χ0n) is 14.3. The Morgan fingerprint density at radius 2 is 1.92 bits per heavy atom. The molecule has 6 nitrogen and oxygen atoms in total. The van der Waals surface area contributed by atoms with Crippen molar-refractivity contribution in [3.05, 3.63) is 48.2 Å². The molecule has 1 aromatic carbocycles. The minimum absolute atomic E-state index is 0.162. The number of carbonyl (C=O) groups is 2. The van der Waals surface area contributed by atoms with Crippen LogP contribution in [0.2, 0.25) is 0 Å². The number of nitrogens with zero attached hydrogens (tertiary/aromatic N) is 2. The van der Waals surface area contributed by atoms with Gasteiger partial charge >= 0.3 is 0 Å². The lowest BCUT2D eigenvalue weighted by atomic mass is 10.0. The van der Waals surface area contributed by atoms with Gasteiger partial charge in [0.25, 0.3) is 0 Å². The van der Waals surface area contributed by atoms with Crippen LogP contribution >= 0.6 is 0 Å². The summed E-state index contributed by atoms with van der Waals surface area (Å²) in [6.07, 6.45) is 2.75. The summed E-state index contributed by atoms with van der Waals surface area (Å²) < 4.78 is 1.80. The Balaban J connectivity index is 2.08. The summed E-state index contributed by atoms with van der Waals surface area (Å²) in [5.41, 5.74) is 0.901. The number of anilines is 1. The van der Waals surface area contributed by atoms with Gasteiger partial charge in [-0.15, -0.1) is 0 Å². The molecule has 24 heavy (non-hydrogen) atoms. The van der Waals surface area contributed by atoms with Gasteiger partial charge in [-0.2, -0.15) is 5.10 Å². The largest absolute Gasteiger partial charge is 0.349 e. The summed E-state index contributed by atoms with van der Waals surface area (Å²) in [5.74, 6) is 0.341. The molecule has 2 rings (SSSR count). The Labute approximate surface area is 142 Å². The first-order valence-electron chi connectivity index (χ1n) is 8.16. The topological polar surface area (TPSA) is 76.0 Å². The van der Waals surface area contributed by atoms with Gasteiger partial charge in [-0.05, 0) is 18.9 Å². The Kier molecular flexibility index (Phi) is 6.12. The maximum Gasteiger partial charge on any atom is 0.227 e. The van der Waals surface area contributed by atoms with E-state index in [2.05, 4.69) is 22.7 Å². The van der Waals surface area contributed by atoms with Crippen LogP contribution in [0, 0.1) is 0 Å². The Morgan fingerprint density at radius 1 is 1.21 bits per heavy atom. The molecular formula is C18H24N4O2. The average molecular weight is 328 g/mol. The first-order valence-corrected chi connectivity index (χ1v) is 8.16. The normalized spacial score (nSPS) is 13.1. The van der Waals surface area contributed by atoms with Crippen molar-refractivity contribution in [2.45, 2.75) is 45.7 Å². The minimum Gasteiger partial charge on any atom is -0.349 e. The van der Waals surface area contributed by atoms with Crippen LogP contribution in [0.5, 0.6) is 0 Å². The zero-order valence-corrected chi connectivity index (χ0v) is 14.3. The lowest BCUT2D eigenvalue weighted by Gasteiger charge is -2.19. The number of hydrogen-bond donors (Lipinski definition) is 2. The number of rotatable bonds is 7. The molecule has 0 aliphatic carbocycles. The maximum atomic E-state index is 12.4. The van der Waals surface area contributed by atoms with E-state index in [1.165, 1.54) is 6.92 Å². The highest BCUT2D eigenvalue weighted by atomic mass is 16.2. The van der Waals surface area contributed by atoms with Crippen LogP contribution in [-0.4, -0.2) is 21.6 Å². The molecule has 0 saturated heterocycles. The van der Waals surface area contributed by atoms with Crippen LogP contribution in [-0.2, 0) is 9.59 Å². The van der Waals surface area contributed by atoms with Gasteiger partial charge < -0.3 is 10.6 Å². The summed E-state index contributed by atoms with van der Waals surface area (Å²) >= 11 is 0. The SMILES string of the molecule is CCC(C)n1nccc1NC(=O)CC(NC(C)=O)c1ccccc1. The van der Waals surface area contributed by atoms with Crippen molar-refractivity contribution < 1.29 is 9.59 Å². The van der Waals surface area contributed by atoms with Crippen molar-refractivity contribution >= 4 is 17.6 Å². The molecule has 0 saturated carbocycles. The fraction of sp³-hybridized carbons (Fsp3) is 0.389. The second kappa shape index (κ2) is 8.29. The highest BCUT2D eigenvalue weighted by Gasteiger charge is 2.18. The predicted octanol–water partition coefficient (Wildman–Crippen LogP) is 3.06. The van der Waals surface area contributed by atoms with Crippen LogP contribution in [0.1, 0.15) is 51.3 Å². The van der Waals surface area contributed by atoms with E-state index in [-0.39, 0.29) is 30.3 Å². The van der Waals surface area contributed by atoms with Crippen molar-refractivity contribution in [2.75, 3.05) is 5.32 Å². The lowest BCUT2D eigenvalue weighted by Crippen LogP contribution is -2.30. The second-order valence-corrected chi connectivity index (χ2v) is 5.83. The number of nitrogens with one attached hydrogen (secondary N) is 2. The Bertz CT molecular complexity index is 681. The number of benzene rings is 1. The Morgan fingerprint density at radius 3 is 2.54 bits per heavy atom. The molecule has 2 unspecified atom stereocenters. The molecule has 128 valence electrons. The van der Waals surface area contributed by atoms with Gasteiger partial charge in [0.15, 0.2) is 0 Å². The van der Waals surface area contributed by atoms with E-state index < -0.39 is 0 Å². The fourth-order valence-corrected chi connectivity index (χ4v) is 2.50. The summed E-state index contributed by atoms with van der Waals surface area (Å²) in [4.78, 5) is 23.9. The van der Waals surface area contributed by atoms with Gasteiger partial charge in [-0.25, -0.2) is 4.68 Å². The number of carbonyl (C=O) groups excluding carboxylic acids is 2. The van der Waals surface area contributed by atoms with Crippen LogP contribution in [0.25, 0.3) is 0 Å². The third kappa shape index (κ3) is 4.68. The van der Waals surface area contributed by atoms with Gasteiger partial charge in [-0.1, -0.05) is 37.3 Å². The van der Waals surface area contributed by atoms with E-state index in [1.807, 2.05) is 37.3 Å². The first kappa shape index (κ1) is 17.7. The smallest absolute Gasteiger partial charge is 0.227 e. The average Bonchev–Trinajstić information content (AvgIpc) is 3.02. The van der Waals surface area contributed by atoms with Crippen molar-refractivity contribution in [3.8, 4) is 0 Å². The minimum atomic E-state index is -0.358. The van der Waals surface area contributed by atoms with E-state index >= 15 is 0 Å². The van der Waals surface area contributed by atoms with E-state index in [0.717, 1.165) is 12.0 Å². The molecule has 2 N–H and O–H groups in total. The molecule has 0 aliphatic rings. The van der Waals surface area contributed by atoms with E-state index in [9.17, 15) is 9.59 Å². The molecule has 2 atom stereocenters. The van der Waals surface area contributed by atoms with E-state index in [1.54, 1.807) is 16.9 Å². The fourth-order valence-electron chi connectivity index (χ4n) is 2.50. The van der Waals surface area contributed by atoms with Gasteiger partial charge in [-0.3, -0.25) is 9.59 Å². The first-order chi connectivity index (χ1) is 11.5. The monoisotopic (exact) mass is 328 g/mol. The quantitative estimate of drug-likeness (QED) is 0.820. The molecule has 1 heterocycles.